The lowest BCUT2D eigenvalue weighted by molar-refractivity contribution is -0.130. The maximum atomic E-state index is 12.7. The van der Waals surface area contributed by atoms with Gasteiger partial charge in [0, 0.05) is 18.8 Å². The summed E-state index contributed by atoms with van der Waals surface area (Å²) in [5, 5.41) is 0. The minimum Gasteiger partial charge on any atom is -0.343 e. The van der Waals surface area contributed by atoms with E-state index in [0.717, 1.165) is 17.3 Å². The average molecular weight is 405 g/mol. The number of nitrogens with zero attached hydrogens (tertiary/aromatic N) is 3. The van der Waals surface area contributed by atoms with Crippen molar-refractivity contribution >= 4 is 44.4 Å². The van der Waals surface area contributed by atoms with Crippen LogP contribution >= 0.6 is 11.7 Å². The standard InChI is InChI=1S/C18H20N4O3S2/c1-3-22(4-2)17(23)12-13-8-10-14(11-9-13)21-27(24,25)16-7-5-6-15-18(16)20-26-19-15/h5-11,21H,3-4,12H2,1-2H3. The topological polar surface area (TPSA) is 92.3 Å². The molecule has 7 nitrogen and oxygen atoms in total. The van der Waals surface area contributed by atoms with Crippen molar-refractivity contribution < 1.29 is 13.2 Å². The van der Waals surface area contributed by atoms with Crippen LogP contribution in [0.4, 0.5) is 5.69 Å². The molecule has 0 unspecified atom stereocenters. The van der Waals surface area contributed by atoms with Crippen molar-refractivity contribution in [2.45, 2.75) is 25.2 Å². The number of fused-ring (bicyclic) bond motifs is 1. The summed E-state index contributed by atoms with van der Waals surface area (Å²) in [6.07, 6.45) is 0.290. The van der Waals surface area contributed by atoms with Crippen molar-refractivity contribution in [3.63, 3.8) is 0 Å². The zero-order chi connectivity index (χ0) is 19.4. The molecule has 0 aliphatic rings. The molecule has 27 heavy (non-hydrogen) atoms. The summed E-state index contributed by atoms with van der Waals surface area (Å²) >= 11 is 0.975. The second-order valence-corrected chi connectivity index (χ2v) is 8.11. The molecular weight excluding hydrogens is 384 g/mol. The summed E-state index contributed by atoms with van der Waals surface area (Å²) in [5.74, 6) is 0.0519. The van der Waals surface area contributed by atoms with E-state index in [0.29, 0.717) is 36.2 Å². The number of sulfonamides is 1. The second kappa shape index (κ2) is 8.01. The van der Waals surface area contributed by atoms with Crippen molar-refractivity contribution in [3.8, 4) is 0 Å². The third-order valence-electron chi connectivity index (χ3n) is 4.22. The molecule has 3 aromatic rings. The van der Waals surface area contributed by atoms with Gasteiger partial charge in [-0.3, -0.25) is 9.52 Å². The number of likely N-dealkylation sites (N-methyl/N-ethyl adjacent to an activating group) is 1. The minimum absolute atomic E-state index is 0.0519. The molecule has 0 aliphatic heterocycles. The normalized spacial score (nSPS) is 11.5. The van der Waals surface area contributed by atoms with Gasteiger partial charge >= 0.3 is 0 Å². The molecule has 3 rings (SSSR count). The maximum Gasteiger partial charge on any atom is 0.264 e. The van der Waals surface area contributed by atoms with Gasteiger partial charge in [-0.25, -0.2) is 8.42 Å². The molecule has 1 N–H and O–H groups in total. The highest BCUT2D eigenvalue weighted by atomic mass is 32.2. The first kappa shape index (κ1) is 19.2. The molecule has 0 aliphatic carbocycles. The van der Waals surface area contributed by atoms with Gasteiger partial charge in [-0.2, -0.15) is 8.75 Å². The van der Waals surface area contributed by atoms with Crippen LogP contribution in [0.3, 0.4) is 0 Å². The van der Waals surface area contributed by atoms with Crippen molar-refractivity contribution in [2.75, 3.05) is 17.8 Å². The zero-order valence-corrected chi connectivity index (χ0v) is 16.7. The molecule has 0 atom stereocenters. The van der Waals surface area contributed by atoms with E-state index in [1.54, 1.807) is 41.3 Å². The Labute approximate surface area is 162 Å². The molecule has 0 fully saturated rings. The number of hydrogen-bond acceptors (Lipinski definition) is 6. The highest BCUT2D eigenvalue weighted by Gasteiger charge is 2.19. The molecule has 2 aromatic carbocycles. The first-order valence-electron chi connectivity index (χ1n) is 8.55. The van der Waals surface area contributed by atoms with E-state index in [1.807, 2.05) is 13.8 Å². The van der Waals surface area contributed by atoms with Crippen LogP contribution in [0.5, 0.6) is 0 Å². The van der Waals surface area contributed by atoms with E-state index in [2.05, 4.69) is 13.5 Å². The van der Waals surface area contributed by atoms with Crippen molar-refractivity contribution in [3.05, 3.63) is 48.0 Å². The fraction of sp³-hybridized carbons (Fsp3) is 0.278. The summed E-state index contributed by atoms with van der Waals surface area (Å²) < 4.78 is 36.1. The van der Waals surface area contributed by atoms with E-state index < -0.39 is 10.0 Å². The van der Waals surface area contributed by atoms with Crippen LogP contribution in [-0.4, -0.2) is 41.1 Å². The van der Waals surface area contributed by atoms with Gasteiger partial charge in [0.15, 0.2) is 0 Å². The number of amides is 1. The number of nitrogens with one attached hydrogen (secondary N) is 1. The Morgan fingerprint density at radius 2 is 1.78 bits per heavy atom. The van der Waals surface area contributed by atoms with E-state index in [-0.39, 0.29) is 10.8 Å². The average Bonchev–Trinajstić information content (AvgIpc) is 3.12. The Bertz CT molecular complexity index is 1040. The summed E-state index contributed by atoms with van der Waals surface area (Å²) in [7, 11) is -3.79. The molecule has 0 radical (unpaired) electrons. The first-order chi connectivity index (χ1) is 12.9. The van der Waals surface area contributed by atoms with Crippen molar-refractivity contribution in [1.29, 1.82) is 0 Å². The Morgan fingerprint density at radius 1 is 1.07 bits per heavy atom. The first-order valence-corrected chi connectivity index (χ1v) is 10.8. The van der Waals surface area contributed by atoms with E-state index in [4.69, 9.17) is 0 Å². The van der Waals surface area contributed by atoms with Crippen LogP contribution in [-0.2, 0) is 21.2 Å². The van der Waals surface area contributed by atoms with Gasteiger partial charge < -0.3 is 4.90 Å². The predicted molar refractivity (Wildman–Crippen MR) is 106 cm³/mol. The fourth-order valence-electron chi connectivity index (χ4n) is 2.76. The lowest BCUT2D eigenvalue weighted by Crippen LogP contribution is -2.31. The number of hydrogen-bond donors (Lipinski definition) is 1. The smallest absolute Gasteiger partial charge is 0.264 e. The van der Waals surface area contributed by atoms with Gasteiger partial charge in [-0.1, -0.05) is 18.2 Å². The van der Waals surface area contributed by atoms with Crippen LogP contribution in [0.15, 0.2) is 47.4 Å². The van der Waals surface area contributed by atoms with E-state index in [1.165, 1.54) is 6.07 Å². The molecule has 1 heterocycles. The van der Waals surface area contributed by atoms with Crippen LogP contribution in [0.25, 0.3) is 11.0 Å². The van der Waals surface area contributed by atoms with Crippen molar-refractivity contribution in [1.82, 2.24) is 13.6 Å². The Balaban J connectivity index is 1.76. The quantitative estimate of drug-likeness (QED) is 0.654. The fourth-order valence-corrected chi connectivity index (χ4v) is 4.59. The molecule has 0 spiro atoms. The van der Waals surface area contributed by atoms with E-state index in [9.17, 15) is 13.2 Å². The molecule has 0 saturated carbocycles. The maximum absolute atomic E-state index is 12.7. The molecule has 142 valence electrons. The summed E-state index contributed by atoms with van der Waals surface area (Å²) in [6, 6.07) is 11.7. The Hall–Kier alpha value is -2.52. The summed E-state index contributed by atoms with van der Waals surface area (Å²) in [5.41, 5.74) is 2.17. The van der Waals surface area contributed by atoms with Crippen LogP contribution in [0.1, 0.15) is 19.4 Å². The minimum atomic E-state index is -3.79. The number of rotatable bonds is 7. The highest BCUT2D eigenvalue weighted by Crippen LogP contribution is 2.23. The molecular formula is C18H20N4O3S2. The number of carbonyl (C=O) groups is 1. The second-order valence-electron chi connectivity index (χ2n) is 5.93. The van der Waals surface area contributed by atoms with Gasteiger partial charge in [-0.05, 0) is 43.7 Å². The Kier molecular flexibility index (Phi) is 5.71. The van der Waals surface area contributed by atoms with Gasteiger partial charge in [0.25, 0.3) is 10.0 Å². The largest absolute Gasteiger partial charge is 0.343 e. The lowest BCUT2D eigenvalue weighted by atomic mass is 10.1. The number of benzene rings is 2. The Morgan fingerprint density at radius 3 is 2.44 bits per heavy atom. The molecule has 0 saturated heterocycles. The van der Waals surface area contributed by atoms with Gasteiger partial charge in [0.2, 0.25) is 5.91 Å². The van der Waals surface area contributed by atoms with E-state index >= 15 is 0 Å². The SMILES string of the molecule is CCN(CC)C(=O)Cc1ccc(NS(=O)(=O)c2cccc3nsnc23)cc1. The summed E-state index contributed by atoms with van der Waals surface area (Å²) in [4.78, 5) is 14.0. The van der Waals surface area contributed by atoms with Crippen LogP contribution in [0, 0.1) is 0 Å². The van der Waals surface area contributed by atoms with Crippen molar-refractivity contribution in [2.24, 2.45) is 0 Å². The third-order valence-corrected chi connectivity index (χ3v) is 6.17. The molecule has 0 bridgehead atoms. The number of carbonyl (C=O) groups excluding carboxylic acids is 1. The van der Waals surface area contributed by atoms with Gasteiger partial charge in [0.05, 0.1) is 18.1 Å². The zero-order valence-electron chi connectivity index (χ0n) is 15.0. The highest BCUT2D eigenvalue weighted by molar-refractivity contribution is 7.93. The predicted octanol–water partition coefficient (Wildman–Crippen LogP) is 2.90. The number of aromatic nitrogens is 2. The van der Waals surface area contributed by atoms with Gasteiger partial charge in [0.1, 0.15) is 15.9 Å². The van der Waals surface area contributed by atoms with Gasteiger partial charge in [-0.15, -0.1) is 0 Å². The molecule has 9 heteroatoms. The van der Waals surface area contributed by atoms with Crippen LogP contribution < -0.4 is 4.72 Å². The summed E-state index contributed by atoms with van der Waals surface area (Å²) in [6.45, 7) is 5.23. The monoisotopic (exact) mass is 404 g/mol. The third kappa shape index (κ3) is 4.25. The molecule has 1 amide bonds. The lowest BCUT2D eigenvalue weighted by Gasteiger charge is -2.18. The molecule has 1 aromatic heterocycles. The number of anilines is 1. The van der Waals surface area contributed by atoms with Crippen LogP contribution in [0.2, 0.25) is 0 Å².